The van der Waals surface area contributed by atoms with Gasteiger partial charge in [-0.2, -0.15) is 0 Å². The summed E-state index contributed by atoms with van der Waals surface area (Å²) in [5.74, 6) is 0. The zero-order chi connectivity index (χ0) is 10.4. The Morgan fingerprint density at radius 1 is 1.29 bits per heavy atom. The minimum Gasteiger partial charge on any atom is -0.319 e. The summed E-state index contributed by atoms with van der Waals surface area (Å²) in [6.45, 7) is 8.93. The smallest absolute Gasteiger partial charge is 0.0971 e. The molecule has 0 aromatic carbocycles. The van der Waals surface area contributed by atoms with Crippen LogP contribution in [0.15, 0.2) is 12.7 Å². The van der Waals surface area contributed by atoms with Crippen molar-refractivity contribution in [2.75, 3.05) is 31.5 Å². The number of hydrogen-bond donors (Lipinski definition) is 0. The Morgan fingerprint density at radius 2 is 1.93 bits per heavy atom. The van der Waals surface area contributed by atoms with Gasteiger partial charge >= 0.3 is 0 Å². The SMILES string of the molecule is C=CC[N+]1(CC(Br)CBr)CCCCC1. The summed E-state index contributed by atoms with van der Waals surface area (Å²) in [5.41, 5.74) is 0. The van der Waals surface area contributed by atoms with Gasteiger partial charge in [-0.25, -0.2) is 0 Å². The molecule has 0 radical (unpaired) electrons. The molecule has 1 nitrogen and oxygen atoms in total. The van der Waals surface area contributed by atoms with Gasteiger partial charge in [0.25, 0.3) is 0 Å². The van der Waals surface area contributed by atoms with E-state index in [9.17, 15) is 0 Å². The van der Waals surface area contributed by atoms with Crippen LogP contribution in [0.25, 0.3) is 0 Å². The summed E-state index contributed by atoms with van der Waals surface area (Å²) in [7, 11) is 0. The molecule has 1 atom stereocenters. The van der Waals surface area contributed by atoms with Gasteiger partial charge in [-0.05, 0) is 25.3 Å². The lowest BCUT2D eigenvalue weighted by Gasteiger charge is -2.42. The first kappa shape index (κ1) is 12.7. The fourth-order valence-corrected chi connectivity index (χ4v) is 3.18. The van der Waals surface area contributed by atoms with Gasteiger partial charge in [0.05, 0.1) is 31.0 Å². The van der Waals surface area contributed by atoms with E-state index in [-0.39, 0.29) is 0 Å². The van der Waals surface area contributed by atoms with Crippen molar-refractivity contribution < 1.29 is 4.48 Å². The first-order chi connectivity index (χ1) is 6.72. The second kappa shape index (κ2) is 6.29. The van der Waals surface area contributed by atoms with Crippen molar-refractivity contribution in [3.8, 4) is 0 Å². The quantitative estimate of drug-likeness (QED) is 0.413. The van der Waals surface area contributed by atoms with E-state index in [1.54, 1.807) is 0 Å². The van der Waals surface area contributed by atoms with Crippen molar-refractivity contribution >= 4 is 31.9 Å². The van der Waals surface area contributed by atoms with Crippen LogP contribution in [0.2, 0.25) is 0 Å². The van der Waals surface area contributed by atoms with E-state index in [2.05, 4.69) is 44.5 Å². The van der Waals surface area contributed by atoms with Crippen molar-refractivity contribution in [1.29, 1.82) is 0 Å². The highest BCUT2D eigenvalue weighted by atomic mass is 79.9. The normalized spacial score (nSPS) is 23.0. The molecule has 82 valence electrons. The monoisotopic (exact) mass is 324 g/mol. The molecule has 0 bridgehead atoms. The lowest BCUT2D eigenvalue weighted by atomic mass is 10.1. The predicted octanol–water partition coefficient (Wildman–Crippen LogP) is 3.33. The molecular weight excluding hydrogens is 306 g/mol. The molecule has 0 aromatic heterocycles. The zero-order valence-corrected chi connectivity index (χ0v) is 11.9. The van der Waals surface area contributed by atoms with Crippen LogP contribution in [0, 0.1) is 0 Å². The minimum atomic E-state index is 0.598. The molecular formula is C11H20Br2N+. The third-order valence-electron chi connectivity index (χ3n) is 3.03. The molecule has 1 aliphatic rings. The number of piperidine rings is 1. The van der Waals surface area contributed by atoms with Gasteiger partial charge in [0.2, 0.25) is 0 Å². The summed E-state index contributed by atoms with van der Waals surface area (Å²) in [5, 5.41) is 1.05. The van der Waals surface area contributed by atoms with E-state index in [1.807, 2.05) is 0 Å². The minimum absolute atomic E-state index is 0.598. The average Bonchev–Trinajstić information content (AvgIpc) is 2.19. The number of quaternary nitrogens is 1. The first-order valence-corrected chi connectivity index (χ1v) is 7.42. The Balaban J connectivity index is 2.54. The van der Waals surface area contributed by atoms with Gasteiger partial charge in [0.1, 0.15) is 0 Å². The fraction of sp³-hybridized carbons (Fsp3) is 0.818. The van der Waals surface area contributed by atoms with Crippen LogP contribution in [0.4, 0.5) is 0 Å². The van der Waals surface area contributed by atoms with Crippen LogP contribution in [-0.4, -0.2) is 40.8 Å². The summed E-state index contributed by atoms with van der Waals surface area (Å²) in [6, 6.07) is 0. The third-order valence-corrected chi connectivity index (χ3v) is 5.30. The molecule has 1 unspecified atom stereocenters. The molecule has 14 heavy (non-hydrogen) atoms. The van der Waals surface area contributed by atoms with Crippen molar-refractivity contribution in [1.82, 2.24) is 0 Å². The highest BCUT2D eigenvalue weighted by Crippen LogP contribution is 2.22. The van der Waals surface area contributed by atoms with E-state index in [4.69, 9.17) is 0 Å². The molecule has 1 heterocycles. The Morgan fingerprint density at radius 3 is 2.43 bits per heavy atom. The molecule has 0 N–H and O–H groups in total. The van der Waals surface area contributed by atoms with Crippen LogP contribution < -0.4 is 0 Å². The maximum atomic E-state index is 3.89. The molecule has 1 saturated heterocycles. The lowest BCUT2D eigenvalue weighted by Crippen LogP contribution is -2.54. The number of alkyl halides is 2. The van der Waals surface area contributed by atoms with E-state index >= 15 is 0 Å². The number of halogens is 2. The van der Waals surface area contributed by atoms with Gasteiger partial charge in [-0.15, -0.1) is 0 Å². The molecule has 0 saturated carbocycles. The standard InChI is InChI=1S/C11H20Br2N/c1-2-6-14(10-11(13)9-12)7-4-3-5-8-14/h2,11H,1,3-10H2/q+1. The molecule has 3 heteroatoms. The Labute approximate surface area is 104 Å². The Bertz CT molecular complexity index is 176. The van der Waals surface area contributed by atoms with Crippen LogP contribution in [-0.2, 0) is 0 Å². The largest absolute Gasteiger partial charge is 0.319 e. The summed E-state index contributed by atoms with van der Waals surface area (Å²) < 4.78 is 1.24. The number of hydrogen-bond acceptors (Lipinski definition) is 0. The number of likely N-dealkylation sites (tertiary alicyclic amines) is 1. The topological polar surface area (TPSA) is 0 Å². The average molecular weight is 326 g/mol. The van der Waals surface area contributed by atoms with Crippen molar-refractivity contribution in [2.24, 2.45) is 0 Å². The van der Waals surface area contributed by atoms with Crippen molar-refractivity contribution in [3.63, 3.8) is 0 Å². The second-order valence-corrected chi connectivity index (χ2v) is 6.20. The Kier molecular flexibility index (Phi) is 5.72. The maximum absolute atomic E-state index is 3.89. The first-order valence-electron chi connectivity index (χ1n) is 5.38. The summed E-state index contributed by atoms with van der Waals surface area (Å²) in [4.78, 5) is 0.598. The zero-order valence-electron chi connectivity index (χ0n) is 8.72. The van der Waals surface area contributed by atoms with Gasteiger partial charge in [0.15, 0.2) is 0 Å². The van der Waals surface area contributed by atoms with Crippen LogP contribution >= 0.6 is 31.9 Å². The number of rotatable bonds is 5. The molecule has 0 amide bonds. The van der Waals surface area contributed by atoms with E-state index in [1.165, 1.54) is 43.4 Å². The third kappa shape index (κ3) is 3.67. The summed E-state index contributed by atoms with van der Waals surface area (Å²) in [6.07, 6.45) is 6.27. The van der Waals surface area contributed by atoms with Crippen LogP contribution in [0.5, 0.6) is 0 Å². The molecule has 1 rings (SSSR count). The van der Waals surface area contributed by atoms with Gasteiger partial charge in [-0.1, -0.05) is 38.4 Å². The fourth-order valence-electron chi connectivity index (χ4n) is 2.37. The van der Waals surface area contributed by atoms with E-state index < -0.39 is 0 Å². The van der Waals surface area contributed by atoms with Gasteiger partial charge in [-0.3, -0.25) is 0 Å². The summed E-state index contributed by atoms with van der Waals surface area (Å²) >= 11 is 7.25. The molecule has 0 aromatic rings. The second-order valence-electron chi connectivity index (χ2n) is 4.25. The molecule has 1 fully saturated rings. The Hall–Kier alpha value is 0.660. The van der Waals surface area contributed by atoms with Crippen LogP contribution in [0.1, 0.15) is 19.3 Å². The molecule has 0 spiro atoms. The van der Waals surface area contributed by atoms with Gasteiger partial charge < -0.3 is 4.48 Å². The van der Waals surface area contributed by atoms with Crippen LogP contribution in [0.3, 0.4) is 0 Å². The highest BCUT2D eigenvalue weighted by Gasteiger charge is 2.30. The van der Waals surface area contributed by atoms with E-state index in [0.29, 0.717) is 4.83 Å². The van der Waals surface area contributed by atoms with Crippen molar-refractivity contribution in [3.05, 3.63) is 12.7 Å². The van der Waals surface area contributed by atoms with Gasteiger partial charge in [0, 0.05) is 5.33 Å². The maximum Gasteiger partial charge on any atom is 0.0971 e. The molecule has 0 aliphatic carbocycles. The lowest BCUT2D eigenvalue weighted by molar-refractivity contribution is -0.926. The van der Waals surface area contributed by atoms with Crippen molar-refractivity contribution in [2.45, 2.75) is 24.1 Å². The molecule has 1 aliphatic heterocycles. The van der Waals surface area contributed by atoms with E-state index in [0.717, 1.165) is 11.9 Å². The number of nitrogens with zero attached hydrogens (tertiary/aromatic N) is 1. The predicted molar refractivity (Wildman–Crippen MR) is 70.3 cm³/mol. The highest BCUT2D eigenvalue weighted by molar-refractivity contribution is 9.12.